The van der Waals surface area contributed by atoms with Crippen LogP contribution in [0, 0.1) is 6.92 Å². The first-order valence-electron chi connectivity index (χ1n) is 7.03. The third-order valence-electron chi connectivity index (χ3n) is 3.22. The van der Waals surface area contributed by atoms with Gasteiger partial charge in [-0.1, -0.05) is 17.7 Å². The smallest absolute Gasteiger partial charge is 0.327 e. The molecule has 1 aliphatic rings. The summed E-state index contributed by atoms with van der Waals surface area (Å²) in [6, 6.07) is 5.58. The van der Waals surface area contributed by atoms with Crippen LogP contribution < -0.4 is 20.9 Å². The summed E-state index contributed by atoms with van der Waals surface area (Å²) >= 11 is 0. The van der Waals surface area contributed by atoms with E-state index >= 15 is 0 Å². The molecule has 0 unspecified atom stereocenters. The SMILES string of the molecule is COc1ccc(C)cc1CC(=O)NNC(=O)C(=O)NC1CC1. The molecular formula is C15H19N3O4. The Morgan fingerprint density at radius 3 is 2.55 bits per heavy atom. The first-order chi connectivity index (χ1) is 10.5. The Kier molecular flexibility index (Phi) is 4.98. The minimum atomic E-state index is -0.878. The van der Waals surface area contributed by atoms with Gasteiger partial charge in [0.25, 0.3) is 0 Å². The number of hydrogen-bond acceptors (Lipinski definition) is 4. The summed E-state index contributed by atoms with van der Waals surface area (Å²) in [4.78, 5) is 34.7. The van der Waals surface area contributed by atoms with Gasteiger partial charge in [0.1, 0.15) is 5.75 Å². The third kappa shape index (κ3) is 4.47. The maximum atomic E-state index is 11.8. The number of benzene rings is 1. The van der Waals surface area contributed by atoms with E-state index in [9.17, 15) is 14.4 Å². The van der Waals surface area contributed by atoms with Crippen LogP contribution in [0.25, 0.3) is 0 Å². The van der Waals surface area contributed by atoms with E-state index in [0.717, 1.165) is 18.4 Å². The van der Waals surface area contributed by atoms with Gasteiger partial charge in [-0.2, -0.15) is 0 Å². The van der Waals surface area contributed by atoms with Gasteiger partial charge >= 0.3 is 11.8 Å². The van der Waals surface area contributed by atoms with Crippen molar-refractivity contribution >= 4 is 17.7 Å². The summed E-state index contributed by atoms with van der Waals surface area (Å²) in [6.07, 6.45) is 1.81. The Morgan fingerprint density at radius 1 is 1.18 bits per heavy atom. The molecule has 0 aliphatic heterocycles. The van der Waals surface area contributed by atoms with E-state index in [1.807, 2.05) is 19.1 Å². The molecule has 0 aromatic heterocycles. The molecule has 3 N–H and O–H groups in total. The molecule has 0 heterocycles. The number of rotatable bonds is 4. The summed E-state index contributed by atoms with van der Waals surface area (Å²) in [5, 5.41) is 2.53. The molecule has 2 rings (SSSR count). The summed E-state index contributed by atoms with van der Waals surface area (Å²) in [7, 11) is 1.52. The highest BCUT2D eigenvalue weighted by molar-refractivity contribution is 6.35. The van der Waals surface area contributed by atoms with Crippen molar-refractivity contribution < 1.29 is 19.1 Å². The monoisotopic (exact) mass is 305 g/mol. The first kappa shape index (κ1) is 15.8. The van der Waals surface area contributed by atoms with Gasteiger partial charge < -0.3 is 10.1 Å². The van der Waals surface area contributed by atoms with Crippen LogP contribution in [0.5, 0.6) is 5.75 Å². The number of carbonyl (C=O) groups is 3. The van der Waals surface area contributed by atoms with E-state index in [0.29, 0.717) is 11.3 Å². The molecule has 7 heteroatoms. The molecule has 1 aliphatic carbocycles. The number of aryl methyl sites for hydroxylation is 1. The Balaban J connectivity index is 1.83. The standard InChI is InChI=1S/C15H19N3O4/c1-9-3-6-12(22-2)10(7-9)8-13(19)17-18-15(21)14(20)16-11-4-5-11/h3,6-7,11H,4-5,8H2,1-2H3,(H,16,20)(H,17,19)(H,18,21). The van der Waals surface area contributed by atoms with Crippen LogP contribution in [-0.2, 0) is 20.8 Å². The zero-order valence-corrected chi connectivity index (χ0v) is 12.6. The molecule has 22 heavy (non-hydrogen) atoms. The van der Waals surface area contributed by atoms with Crippen LogP contribution in [0.3, 0.4) is 0 Å². The number of amides is 3. The summed E-state index contributed by atoms with van der Waals surface area (Å²) in [5.41, 5.74) is 6.02. The van der Waals surface area contributed by atoms with Crippen molar-refractivity contribution in [3.05, 3.63) is 29.3 Å². The predicted molar refractivity (Wildman–Crippen MR) is 78.9 cm³/mol. The van der Waals surface area contributed by atoms with Crippen molar-refractivity contribution in [2.75, 3.05) is 7.11 Å². The molecule has 0 spiro atoms. The number of nitrogens with one attached hydrogen (secondary N) is 3. The minimum absolute atomic E-state index is 0.0371. The Labute approximate surface area is 128 Å². The number of carbonyl (C=O) groups excluding carboxylic acids is 3. The molecule has 0 bridgehead atoms. The summed E-state index contributed by atoms with van der Waals surface area (Å²) in [6.45, 7) is 1.91. The van der Waals surface area contributed by atoms with Crippen molar-refractivity contribution in [3.8, 4) is 5.75 Å². The van der Waals surface area contributed by atoms with Crippen LogP contribution in [0.4, 0.5) is 0 Å². The molecule has 1 aromatic rings. The average Bonchev–Trinajstić information content (AvgIpc) is 3.29. The van der Waals surface area contributed by atoms with Crippen molar-refractivity contribution in [2.24, 2.45) is 0 Å². The molecule has 118 valence electrons. The van der Waals surface area contributed by atoms with Gasteiger partial charge in [0, 0.05) is 11.6 Å². The van der Waals surface area contributed by atoms with Crippen LogP contribution in [0.15, 0.2) is 18.2 Å². The number of hydrazine groups is 1. The summed E-state index contributed by atoms with van der Waals surface area (Å²) in [5.74, 6) is -1.46. The van der Waals surface area contributed by atoms with E-state index in [4.69, 9.17) is 4.74 Å². The quantitative estimate of drug-likeness (QED) is 0.538. The van der Waals surface area contributed by atoms with Gasteiger partial charge in [-0.05, 0) is 25.8 Å². The van der Waals surface area contributed by atoms with Crippen molar-refractivity contribution in [1.82, 2.24) is 16.2 Å². The lowest BCUT2D eigenvalue weighted by Gasteiger charge is -2.10. The lowest BCUT2D eigenvalue weighted by Crippen LogP contribution is -2.49. The highest BCUT2D eigenvalue weighted by Gasteiger charge is 2.26. The van der Waals surface area contributed by atoms with E-state index in [1.54, 1.807) is 6.07 Å². The molecular weight excluding hydrogens is 286 g/mol. The molecule has 0 atom stereocenters. The normalized spacial score (nSPS) is 13.2. The molecule has 3 amide bonds. The fourth-order valence-corrected chi connectivity index (χ4v) is 1.92. The maximum absolute atomic E-state index is 11.8. The number of ether oxygens (including phenoxy) is 1. The van der Waals surface area contributed by atoms with Gasteiger partial charge in [0.2, 0.25) is 5.91 Å². The van der Waals surface area contributed by atoms with E-state index in [1.165, 1.54) is 7.11 Å². The van der Waals surface area contributed by atoms with E-state index < -0.39 is 17.7 Å². The molecule has 0 radical (unpaired) electrons. The Hall–Kier alpha value is -2.57. The van der Waals surface area contributed by atoms with Gasteiger partial charge in [-0.3, -0.25) is 25.2 Å². The van der Waals surface area contributed by atoms with E-state index in [-0.39, 0.29) is 12.5 Å². The second kappa shape index (κ2) is 6.93. The topological polar surface area (TPSA) is 96.5 Å². The molecule has 1 saturated carbocycles. The highest BCUT2D eigenvalue weighted by Crippen LogP contribution is 2.20. The highest BCUT2D eigenvalue weighted by atomic mass is 16.5. The third-order valence-corrected chi connectivity index (χ3v) is 3.22. The second-order valence-electron chi connectivity index (χ2n) is 5.24. The zero-order chi connectivity index (χ0) is 16.1. The molecule has 7 nitrogen and oxygen atoms in total. The molecule has 1 fully saturated rings. The van der Waals surface area contributed by atoms with E-state index in [2.05, 4.69) is 16.2 Å². The number of methoxy groups -OCH3 is 1. The lowest BCUT2D eigenvalue weighted by atomic mass is 10.1. The predicted octanol–water partition coefficient (Wildman–Crippen LogP) is -0.0279. The average molecular weight is 305 g/mol. The van der Waals surface area contributed by atoms with Crippen molar-refractivity contribution in [1.29, 1.82) is 0 Å². The van der Waals surface area contributed by atoms with Crippen LogP contribution in [0.2, 0.25) is 0 Å². The lowest BCUT2D eigenvalue weighted by molar-refractivity contribution is -0.140. The largest absolute Gasteiger partial charge is 0.496 e. The van der Waals surface area contributed by atoms with Crippen molar-refractivity contribution in [3.63, 3.8) is 0 Å². The minimum Gasteiger partial charge on any atom is -0.496 e. The van der Waals surface area contributed by atoms with Gasteiger partial charge in [-0.15, -0.1) is 0 Å². The number of hydrogen-bond donors (Lipinski definition) is 3. The van der Waals surface area contributed by atoms with Gasteiger partial charge in [0.15, 0.2) is 0 Å². The summed E-state index contributed by atoms with van der Waals surface area (Å²) < 4.78 is 5.18. The molecule has 1 aromatic carbocycles. The maximum Gasteiger partial charge on any atom is 0.327 e. The Bertz CT molecular complexity index is 596. The van der Waals surface area contributed by atoms with Gasteiger partial charge in [-0.25, -0.2) is 0 Å². The van der Waals surface area contributed by atoms with Gasteiger partial charge in [0.05, 0.1) is 13.5 Å². The second-order valence-corrected chi connectivity index (χ2v) is 5.24. The zero-order valence-electron chi connectivity index (χ0n) is 12.6. The fourth-order valence-electron chi connectivity index (χ4n) is 1.92. The molecule has 0 saturated heterocycles. The fraction of sp³-hybridized carbons (Fsp3) is 0.400. The van der Waals surface area contributed by atoms with Crippen LogP contribution in [0.1, 0.15) is 24.0 Å². The van der Waals surface area contributed by atoms with Crippen LogP contribution >= 0.6 is 0 Å². The first-order valence-corrected chi connectivity index (χ1v) is 7.03. The van der Waals surface area contributed by atoms with Crippen LogP contribution in [-0.4, -0.2) is 30.9 Å². The Morgan fingerprint density at radius 2 is 1.91 bits per heavy atom. The van der Waals surface area contributed by atoms with Crippen molar-refractivity contribution in [2.45, 2.75) is 32.2 Å².